The fraction of sp³-hybridized carbons (Fsp3) is 0.923. The van der Waals surface area contributed by atoms with Crippen LogP contribution < -0.4 is 10.6 Å². The Morgan fingerprint density at radius 2 is 1.83 bits per heavy atom. The summed E-state index contributed by atoms with van der Waals surface area (Å²) in [6, 6.07) is 0. The highest BCUT2D eigenvalue weighted by molar-refractivity contribution is 5.79. The van der Waals surface area contributed by atoms with Crippen molar-refractivity contribution in [1.82, 2.24) is 10.6 Å². The molecular formula is C13H27N3O2. The van der Waals surface area contributed by atoms with Crippen molar-refractivity contribution < 1.29 is 9.47 Å². The summed E-state index contributed by atoms with van der Waals surface area (Å²) in [4.78, 5) is 4.15. The molecule has 1 aliphatic rings. The van der Waals surface area contributed by atoms with Crippen molar-refractivity contribution in [3.05, 3.63) is 0 Å². The van der Waals surface area contributed by atoms with Crippen LogP contribution in [0.15, 0.2) is 4.99 Å². The second-order valence-corrected chi connectivity index (χ2v) is 4.64. The molecule has 1 fully saturated rings. The zero-order valence-corrected chi connectivity index (χ0v) is 11.7. The van der Waals surface area contributed by atoms with Crippen molar-refractivity contribution >= 4 is 5.96 Å². The molecule has 18 heavy (non-hydrogen) atoms. The van der Waals surface area contributed by atoms with E-state index in [0.29, 0.717) is 0 Å². The average Bonchev–Trinajstić information content (AvgIpc) is 3.20. The zero-order chi connectivity index (χ0) is 13.1. The van der Waals surface area contributed by atoms with Gasteiger partial charge < -0.3 is 20.1 Å². The number of rotatable bonds is 10. The average molecular weight is 257 g/mol. The largest absolute Gasteiger partial charge is 0.385 e. The second-order valence-electron chi connectivity index (χ2n) is 4.64. The van der Waals surface area contributed by atoms with Gasteiger partial charge in [0, 0.05) is 47.1 Å². The number of hydrogen-bond donors (Lipinski definition) is 2. The van der Waals surface area contributed by atoms with Crippen molar-refractivity contribution in [3.63, 3.8) is 0 Å². The van der Waals surface area contributed by atoms with Crippen molar-refractivity contribution in [3.8, 4) is 0 Å². The molecule has 1 saturated carbocycles. The Balaban J connectivity index is 1.87. The second kappa shape index (κ2) is 10.1. The van der Waals surface area contributed by atoms with Gasteiger partial charge in [0.2, 0.25) is 0 Å². The highest BCUT2D eigenvalue weighted by Gasteiger charge is 2.20. The molecule has 106 valence electrons. The van der Waals surface area contributed by atoms with Gasteiger partial charge in [-0.05, 0) is 31.6 Å². The number of nitrogens with one attached hydrogen (secondary N) is 2. The van der Waals surface area contributed by atoms with Gasteiger partial charge in [0.25, 0.3) is 0 Å². The summed E-state index contributed by atoms with van der Waals surface area (Å²) in [6.45, 7) is 4.34. The third kappa shape index (κ3) is 8.31. The highest BCUT2D eigenvalue weighted by Crippen LogP contribution is 2.28. The van der Waals surface area contributed by atoms with E-state index in [1.165, 1.54) is 12.8 Å². The van der Waals surface area contributed by atoms with Gasteiger partial charge in [-0.2, -0.15) is 0 Å². The fourth-order valence-electron chi connectivity index (χ4n) is 1.56. The molecule has 2 N–H and O–H groups in total. The monoisotopic (exact) mass is 257 g/mol. The smallest absolute Gasteiger partial charge is 0.190 e. The molecule has 0 aliphatic heterocycles. The van der Waals surface area contributed by atoms with E-state index in [0.717, 1.165) is 57.6 Å². The molecule has 0 radical (unpaired) electrons. The summed E-state index contributed by atoms with van der Waals surface area (Å²) in [5.41, 5.74) is 0. The zero-order valence-electron chi connectivity index (χ0n) is 11.7. The molecule has 0 unspecified atom stereocenters. The highest BCUT2D eigenvalue weighted by atomic mass is 16.5. The van der Waals surface area contributed by atoms with Crippen molar-refractivity contribution in [2.75, 3.05) is 47.1 Å². The summed E-state index contributed by atoms with van der Waals surface area (Å²) in [6.07, 6.45) is 4.72. The van der Waals surface area contributed by atoms with Crippen molar-refractivity contribution in [1.29, 1.82) is 0 Å². The first-order chi connectivity index (χ1) is 8.86. The van der Waals surface area contributed by atoms with Gasteiger partial charge in [0.15, 0.2) is 5.96 Å². The lowest BCUT2D eigenvalue weighted by Gasteiger charge is -2.11. The lowest BCUT2D eigenvalue weighted by atomic mass is 10.4. The predicted molar refractivity (Wildman–Crippen MR) is 74.0 cm³/mol. The lowest BCUT2D eigenvalue weighted by Crippen LogP contribution is -2.38. The SMILES string of the molecule is CN=C(NCCCOC)NCCCOCC1CC1. The Morgan fingerprint density at radius 1 is 1.17 bits per heavy atom. The topological polar surface area (TPSA) is 54.9 Å². The summed E-state index contributed by atoms with van der Waals surface area (Å²) < 4.78 is 10.6. The molecule has 5 nitrogen and oxygen atoms in total. The normalized spacial score (nSPS) is 15.8. The summed E-state index contributed by atoms with van der Waals surface area (Å²) in [7, 11) is 3.50. The summed E-state index contributed by atoms with van der Waals surface area (Å²) in [5.74, 6) is 1.71. The first-order valence-corrected chi connectivity index (χ1v) is 6.88. The molecule has 0 spiro atoms. The maximum atomic E-state index is 5.57. The number of hydrogen-bond acceptors (Lipinski definition) is 3. The molecule has 5 heteroatoms. The molecule has 0 bridgehead atoms. The van der Waals surface area contributed by atoms with Crippen LogP contribution >= 0.6 is 0 Å². The van der Waals surface area contributed by atoms with Crippen LogP contribution in [0.4, 0.5) is 0 Å². The molecular weight excluding hydrogens is 230 g/mol. The van der Waals surface area contributed by atoms with Crippen LogP contribution in [0, 0.1) is 5.92 Å². The molecule has 0 atom stereocenters. The van der Waals surface area contributed by atoms with E-state index in [4.69, 9.17) is 9.47 Å². The quantitative estimate of drug-likeness (QED) is 0.348. The molecule has 0 saturated heterocycles. The fourth-order valence-corrected chi connectivity index (χ4v) is 1.56. The standard InChI is InChI=1S/C13H27N3O2/c1-14-13(15-7-3-9-17-2)16-8-4-10-18-11-12-5-6-12/h12H,3-11H2,1-2H3,(H2,14,15,16). The van der Waals surface area contributed by atoms with Gasteiger partial charge >= 0.3 is 0 Å². The van der Waals surface area contributed by atoms with Gasteiger partial charge in [0.1, 0.15) is 0 Å². The molecule has 1 rings (SSSR count). The third-order valence-corrected chi connectivity index (χ3v) is 2.85. The molecule has 0 aromatic heterocycles. The molecule has 0 heterocycles. The summed E-state index contributed by atoms with van der Waals surface area (Å²) >= 11 is 0. The lowest BCUT2D eigenvalue weighted by molar-refractivity contribution is 0.123. The number of ether oxygens (including phenoxy) is 2. The Labute approximate surface area is 110 Å². The molecule has 0 amide bonds. The number of nitrogens with zero attached hydrogens (tertiary/aromatic N) is 1. The number of aliphatic imine (C=N–C) groups is 1. The third-order valence-electron chi connectivity index (χ3n) is 2.85. The molecule has 0 aromatic rings. The maximum absolute atomic E-state index is 5.57. The van der Waals surface area contributed by atoms with Crippen LogP contribution in [0.3, 0.4) is 0 Å². The first kappa shape index (κ1) is 15.2. The van der Waals surface area contributed by atoms with Crippen molar-refractivity contribution in [2.45, 2.75) is 25.7 Å². The van der Waals surface area contributed by atoms with Crippen LogP contribution in [0.5, 0.6) is 0 Å². The van der Waals surface area contributed by atoms with E-state index in [-0.39, 0.29) is 0 Å². The Hall–Kier alpha value is -0.810. The predicted octanol–water partition coefficient (Wildman–Crippen LogP) is 1.00. The maximum Gasteiger partial charge on any atom is 0.190 e. The van der Waals surface area contributed by atoms with E-state index >= 15 is 0 Å². The Morgan fingerprint density at radius 3 is 2.39 bits per heavy atom. The Bertz CT molecular complexity index is 230. The molecule has 1 aliphatic carbocycles. The van der Waals surface area contributed by atoms with Crippen LogP contribution in [0.1, 0.15) is 25.7 Å². The van der Waals surface area contributed by atoms with E-state index < -0.39 is 0 Å². The minimum absolute atomic E-state index is 0.777. The first-order valence-electron chi connectivity index (χ1n) is 6.88. The minimum atomic E-state index is 0.777. The summed E-state index contributed by atoms with van der Waals surface area (Å²) in [5, 5.41) is 6.51. The number of guanidine groups is 1. The van der Waals surface area contributed by atoms with E-state index in [2.05, 4.69) is 15.6 Å². The van der Waals surface area contributed by atoms with E-state index in [9.17, 15) is 0 Å². The van der Waals surface area contributed by atoms with Gasteiger partial charge in [-0.3, -0.25) is 4.99 Å². The molecule has 0 aromatic carbocycles. The van der Waals surface area contributed by atoms with Gasteiger partial charge in [-0.25, -0.2) is 0 Å². The van der Waals surface area contributed by atoms with Gasteiger partial charge in [0.05, 0.1) is 0 Å². The number of methoxy groups -OCH3 is 1. The van der Waals surface area contributed by atoms with Crippen LogP contribution in [-0.4, -0.2) is 53.0 Å². The van der Waals surface area contributed by atoms with Gasteiger partial charge in [-0.15, -0.1) is 0 Å². The van der Waals surface area contributed by atoms with E-state index in [1.807, 2.05) is 0 Å². The van der Waals surface area contributed by atoms with E-state index in [1.54, 1.807) is 14.2 Å². The Kier molecular flexibility index (Phi) is 8.59. The van der Waals surface area contributed by atoms with Crippen LogP contribution in [-0.2, 0) is 9.47 Å². The minimum Gasteiger partial charge on any atom is -0.385 e. The van der Waals surface area contributed by atoms with Crippen LogP contribution in [0.2, 0.25) is 0 Å². The van der Waals surface area contributed by atoms with Crippen LogP contribution in [0.25, 0.3) is 0 Å². The van der Waals surface area contributed by atoms with Gasteiger partial charge in [-0.1, -0.05) is 0 Å². The van der Waals surface area contributed by atoms with Crippen molar-refractivity contribution in [2.24, 2.45) is 10.9 Å².